The molecule has 0 amide bonds. The van der Waals surface area contributed by atoms with Gasteiger partial charge in [0.15, 0.2) is 0 Å². The van der Waals surface area contributed by atoms with E-state index in [1.807, 2.05) is 11.3 Å². The molecule has 0 aromatic carbocycles. The van der Waals surface area contributed by atoms with Gasteiger partial charge in [0.2, 0.25) is 0 Å². The Bertz CT molecular complexity index is 388. The van der Waals surface area contributed by atoms with Gasteiger partial charge in [-0.3, -0.25) is 0 Å². The standard InChI is InChI=1S/C17H30N2S/c1-4-6-14-7-8-16(18-9-5-2)15(10-14)11-17-19-13(3)12-20-17/h12,14-16,18H,4-11H2,1-3H3. The molecule has 1 aliphatic carbocycles. The Morgan fingerprint density at radius 2 is 2.15 bits per heavy atom. The Balaban J connectivity index is 1.96. The number of rotatable bonds is 7. The maximum Gasteiger partial charge on any atom is 0.0931 e. The molecule has 114 valence electrons. The van der Waals surface area contributed by atoms with E-state index in [2.05, 4.69) is 36.5 Å². The lowest BCUT2D eigenvalue weighted by atomic mass is 9.75. The highest BCUT2D eigenvalue weighted by atomic mass is 32.1. The number of aryl methyl sites for hydroxylation is 1. The van der Waals surface area contributed by atoms with Gasteiger partial charge >= 0.3 is 0 Å². The molecule has 1 aromatic rings. The Morgan fingerprint density at radius 1 is 1.30 bits per heavy atom. The monoisotopic (exact) mass is 294 g/mol. The molecule has 3 atom stereocenters. The SMILES string of the molecule is CCCNC1CCC(CCC)CC1Cc1nc(C)cs1. The predicted molar refractivity (Wildman–Crippen MR) is 88.4 cm³/mol. The van der Waals surface area contributed by atoms with Crippen molar-refractivity contribution in [1.82, 2.24) is 10.3 Å². The van der Waals surface area contributed by atoms with Crippen molar-refractivity contribution in [1.29, 1.82) is 0 Å². The van der Waals surface area contributed by atoms with Gasteiger partial charge in [0.25, 0.3) is 0 Å². The van der Waals surface area contributed by atoms with E-state index in [0.717, 1.165) is 18.4 Å². The lowest BCUT2D eigenvalue weighted by molar-refractivity contribution is 0.193. The maximum absolute atomic E-state index is 4.68. The summed E-state index contributed by atoms with van der Waals surface area (Å²) in [6.45, 7) is 7.85. The van der Waals surface area contributed by atoms with Gasteiger partial charge in [-0.05, 0) is 51.0 Å². The second-order valence-electron chi connectivity index (χ2n) is 6.38. The lowest BCUT2D eigenvalue weighted by Gasteiger charge is -2.36. The van der Waals surface area contributed by atoms with Crippen LogP contribution in [-0.4, -0.2) is 17.6 Å². The molecule has 0 bridgehead atoms. The van der Waals surface area contributed by atoms with Crippen LogP contribution in [0.4, 0.5) is 0 Å². The summed E-state index contributed by atoms with van der Waals surface area (Å²) < 4.78 is 0. The molecule has 0 spiro atoms. The molecule has 20 heavy (non-hydrogen) atoms. The van der Waals surface area contributed by atoms with E-state index >= 15 is 0 Å². The van der Waals surface area contributed by atoms with Crippen molar-refractivity contribution in [2.45, 2.75) is 71.8 Å². The van der Waals surface area contributed by atoms with E-state index in [4.69, 9.17) is 0 Å². The van der Waals surface area contributed by atoms with Crippen LogP contribution >= 0.6 is 11.3 Å². The highest BCUT2D eigenvalue weighted by Crippen LogP contribution is 2.34. The molecule has 0 radical (unpaired) electrons. The third-order valence-electron chi connectivity index (χ3n) is 4.55. The summed E-state index contributed by atoms with van der Waals surface area (Å²) in [6.07, 6.45) is 9.34. The zero-order valence-corrected chi connectivity index (χ0v) is 14.1. The van der Waals surface area contributed by atoms with Gasteiger partial charge in [0, 0.05) is 23.5 Å². The van der Waals surface area contributed by atoms with Gasteiger partial charge in [-0.25, -0.2) is 4.98 Å². The second kappa shape index (κ2) is 8.14. The molecule has 2 rings (SSSR count). The Morgan fingerprint density at radius 3 is 2.80 bits per heavy atom. The predicted octanol–water partition coefficient (Wildman–Crippen LogP) is 4.58. The lowest BCUT2D eigenvalue weighted by Crippen LogP contribution is -2.42. The third kappa shape index (κ3) is 4.56. The summed E-state index contributed by atoms with van der Waals surface area (Å²) >= 11 is 1.84. The van der Waals surface area contributed by atoms with Gasteiger partial charge in [0.1, 0.15) is 0 Å². The molecule has 1 saturated carbocycles. The van der Waals surface area contributed by atoms with Crippen molar-refractivity contribution < 1.29 is 0 Å². The molecule has 0 saturated heterocycles. The first-order valence-electron chi connectivity index (χ1n) is 8.37. The molecular weight excluding hydrogens is 264 g/mol. The zero-order chi connectivity index (χ0) is 14.4. The highest BCUT2D eigenvalue weighted by molar-refractivity contribution is 7.09. The first kappa shape index (κ1) is 16.0. The van der Waals surface area contributed by atoms with Crippen molar-refractivity contribution in [2.75, 3.05) is 6.54 Å². The highest BCUT2D eigenvalue weighted by Gasteiger charge is 2.30. The number of hydrogen-bond donors (Lipinski definition) is 1. The topological polar surface area (TPSA) is 24.9 Å². The Kier molecular flexibility index (Phi) is 6.50. The van der Waals surface area contributed by atoms with Gasteiger partial charge in [-0.1, -0.05) is 26.7 Å². The normalized spacial score (nSPS) is 26.9. The van der Waals surface area contributed by atoms with E-state index < -0.39 is 0 Å². The molecule has 1 heterocycles. The summed E-state index contributed by atoms with van der Waals surface area (Å²) in [5.41, 5.74) is 1.18. The minimum absolute atomic E-state index is 0.715. The zero-order valence-electron chi connectivity index (χ0n) is 13.3. The molecule has 0 aliphatic heterocycles. The average molecular weight is 295 g/mol. The van der Waals surface area contributed by atoms with Crippen LogP contribution in [-0.2, 0) is 6.42 Å². The quantitative estimate of drug-likeness (QED) is 0.796. The fraction of sp³-hybridized carbons (Fsp3) is 0.824. The molecule has 1 N–H and O–H groups in total. The van der Waals surface area contributed by atoms with Crippen LogP contribution in [0.15, 0.2) is 5.38 Å². The first-order valence-corrected chi connectivity index (χ1v) is 9.25. The molecule has 1 fully saturated rings. The number of aromatic nitrogens is 1. The van der Waals surface area contributed by atoms with Crippen LogP contribution in [0.5, 0.6) is 0 Å². The molecule has 3 heteroatoms. The minimum atomic E-state index is 0.715. The van der Waals surface area contributed by atoms with Gasteiger partial charge in [-0.15, -0.1) is 11.3 Å². The van der Waals surface area contributed by atoms with Crippen molar-refractivity contribution in [3.05, 3.63) is 16.1 Å². The smallest absolute Gasteiger partial charge is 0.0931 e. The fourth-order valence-corrected chi connectivity index (χ4v) is 4.44. The number of nitrogens with one attached hydrogen (secondary N) is 1. The van der Waals surface area contributed by atoms with E-state index in [-0.39, 0.29) is 0 Å². The van der Waals surface area contributed by atoms with E-state index in [1.54, 1.807) is 0 Å². The Labute approximate surface area is 128 Å². The van der Waals surface area contributed by atoms with Gasteiger partial charge in [0.05, 0.1) is 5.01 Å². The van der Waals surface area contributed by atoms with Crippen molar-refractivity contribution in [3.63, 3.8) is 0 Å². The first-order chi connectivity index (χ1) is 9.72. The molecule has 1 aliphatic rings. The fourth-order valence-electron chi connectivity index (χ4n) is 3.58. The summed E-state index contributed by atoms with van der Waals surface area (Å²) in [5, 5.41) is 7.32. The number of nitrogens with zero attached hydrogens (tertiary/aromatic N) is 1. The minimum Gasteiger partial charge on any atom is -0.314 e. The summed E-state index contributed by atoms with van der Waals surface area (Å²) in [6, 6.07) is 0.715. The number of thiazole rings is 1. The van der Waals surface area contributed by atoms with Gasteiger partial charge < -0.3 is 5.32 Å². The number of hydrogen-bond acceptors (Lipinski definition) is 3. The van der Waals surface area contributed by atoms with Crippen molar-refractivity contribution in [2.24, 2.45) is 11.8 Å². The summed E-state index contributed by atoms with van der Waals surface area (Å²) in [4.78, 5) is 4.68. The van der Waals surface area contributed by atoms with E-state index in [9.17, 15) is 0 Å². The van der Waals surface area contributed by atoms with Crippen LogP contribution in [0, 0.1) is 18.8 Å². The molecule has 1 aromatic heterocycles. The largest absolute Gasteiger partial charge is 0.314 e. The van der Waals surface area contributed by atoms with Crippen molar-refractivity contribution in [3.8, 4) is 0 Å². The van der Waals surface area contributed by atoms with E-state index in [0.29, 0.717) is 6.04 Å². The van der Waals surface area contributed by atoms with Crippen LogP contribution in [0.2, 0.25) is 0 Å². The summed E-state index contributed by atoms with van der Waals surface area (Å²) in [7, 11) is 0. The second-order valence-corrected chi connectivity index (χ2v) is 7.32. The van der Waals surface area contributed by atoms with Crippen LogP contribution < -0.4 is 5.32 Å². The third-order valence-corrected chi connectivity index (χ3v) is 5.54. The maximum atomic E-state index is 4.68. The summed E-state index contributed by atoms with van der Waals surface area (Å²) in [5.74, 6) is 1.74. The molecule has 2 nitrogen and oxygen atoms in total. The molecular formula is C17H30N2S. The van der Waals surface area contributed by atoms with Crippen LogP contribution in [0.25, 0.3) is 0 Å². The molecule has 3 unspecified atom stereocenters. The van der Waals surface area contributed by atoms with Crippen molar-refractivity contribution >= 4 is 11.3 Å². The van der Waals surface area contributed by atoms with Gasteiger partial charge in [-0.2, -0.15) is 0 Å². The Hall–Kier alpha value is -0.410. The average Bonchev–Trinajstić information content (AvgIpc) is 2.84. The van der Waals surface area contributed by atoms with Crippen LogP contribution in [0.3, 0.4) is 0 Å². The van der Waals surface area contributed by atoms with Crippen LogP contribution in [0.1, 0.15) is 63.1 Å². The van der Waals surface area contributed by atoms with E-state index in [1.165, 1.54) is 55.6 Å².